The van der Waals surface area contributed by atoms with Gasteiger partial charge in [-0.2, -0.15) is 9.61 Å². The Morgan fingerprint density at radius 3 is 2.95 bits per heavy atom. The van der Waals surface area contributed by atoms with Gasteiger partial charge in [0.1, 0.15) is 5.82 Å². The van der Waals surface area contributed by atoms with Crippen LogP contribution in [0.4, 0.5) is 5.82 Å². The minimum atomic E-state index is -0.299. The molecular weight excluding hydrogens is 256 g/mol. The minimum Gasteiger partial charge on any atom is -0.352 e. The summed E-state index contributed by atoms with van der Waals surface area (Å²) in [6, 6.07) is 4.27. The molecule has 1 fully saturated rings. The van der Waals surface area contributed by atoms with Gasteiger partial charge in [0.05, 0.1) is 0 Å². The quantitative estimate of drug-likeness (QED) is 0.830. The van der Waals surface area contributed by atoms with Crippen molar-refractivity contribution < 1.29 is 0 Å². The lowest BCUT2D eigenvalue weighted by Crippen LogP contribution is -2.36. The van der Waals surface area contributed by atoms with Crippen LogP contribution >= 0.6 is 0 Å². The maximum absolute atomic E-state index is 11.6. The summed E-state index contributed by atoms with van der Waals surface area (Å²) >= 11 is 0. The normalized spacial score (nSPS) is 16.1. The second kappa shape index (κ2) is 5.62. The largest absolute Gasteiger partial charge is 0.364 e. The summed E-state index contributed by atoms with van der Waals surface area (Å²) in [4.78, 5) is 13.9. The number of aromatic nitrogens is 4. The average Bonchev–Trinajstić information content (AvgIpc) is 3.10. The van der Waals surface area contributed by atoms with Gasteiger partial charge in [0.2, 0.25) is 0 Å². The van der Waals surface area contributed by atoms with E-state index in [0.29, 0.717) is 18.2 Å². The van der Waals surface area contributed by atoms with Crippen LogP contribution in [0.5, 0.6) is 0 Å². The van der Waals surface area contributed by atoms with Crippen molar-refractivity contribution in [1.29, 1.82) is 0 Å². The van der Waals surface area contributed by atoms with Gasteiger partial charge in [0.25, 0.3) is 0 Å². The monoisotopic (exact) mass is 276 g/mol. The van der Waals surface area contributed by atoms with E-state index in [1.54, 1.807) is 0 Å². The molecule has 20 heavy (non-hydrogen) atoms. The SMILES string of the molecule is NCCCN(c1ccc2n[nH]c(=O)n2n1)C1CCCC1. The van der Waals surface area contributed by atoms with Gasteiger partial charge in [0, 0.05) is 12.6 Å². The van der Waals surface area contributed by atoms with Crippen LogP contribution in [-0.4, -0.2) is 38.9 Å². The Labute approximate surface area is 116 Å². The molecule has 1 saturated carbocycles. The molecule has 0 aromatic carbocycles. The highest BCUT2D eigenvalue weighted by Gasteiger charge is 2.23. The van der Waals surface area contributed by atoms with Crippen LogP contribution in [-0.2, 0) is 0 Å². The Morgan fingerprint density at radius 2 is 2.20 bits per heavy atom. The second-order valence-corrected chi connectivity index (χ2v) is 5.26. The van der Waals surface area contributed by atoms with E-state index in [4.69, 9.17) is 5.73 Å². The zero-order valence-corrected chi connectivity index (χ0v) is 11.5. The molecule has 0 amide bonds. The maximum atomic E-state index is 11.6. The predicted molar refractivity (Wildman–Crippen MR) is 76.9 cm³/mol. The van der Waals surface area contributed by atoms with Crippen LogP contribution in [0.1, 0.15) is 32.1 Å². The van der Waals surface area contributed by atoms with E-state index in [9.17, 15) is 4.79 Å². The van der Waals surface area contributed by atoms with Crippen molar-refractivity contribution in [3.05, 3.63) is 22.6 Å². The van der Waals surface area contributed by atoms with Gasteiger partial charge in [-0.25, -0.2) is 9.89 Å². The summed E-state index contributed by atoms with van der Waals surface area (Å²) in [5, 5.41) is 10.7. The molecule has 3 N–H and O–H groups in total. The number of nitrogens with zero attached hydrogens (tertiary/aromatic N) is 4. The summed E-state index contributed by atoms with van der Waals surface area (Å²) in [6.07, 6.45) is 5.82. The number of aromatic amines is 1. The van der Waals surface area contributed by atoms with Crippen LogP contribution in [0.3, 0.4) is 0 Å². The third kappa shape index (κ3) is 2.40. The lowest BCUT2D eigenvalue weighted by Gasteiger charge is -2.29. The molecule has 0 spiro atoms. The van der Waals surface area contributed by atoms with Crippen LogP contribution in [0, 0.1) is 0 Å². The number of H-pyrrole nitrogens is 1. The number of nitrogens with two attached hydrogens (primary N) is 1. The molecule has 7 heteroatoms. The summed E-state index contributed by atoms with van der Waals surface area (Å²) in [5.74, 6) is 0.835. The van der Waals surface area contributed by atoms with Crippen molar-refractivity contribution >= 4 is 11.5 Å². The van der Waals surface area contributed by atoms with Crippen LogP contribution in [0.15, 0.2) is 16.9 Å². The van der Waals surface area contributed by atoms with Gasteiger partial charge < -0.3 is 10.6 Å². The molecular formula is C13H20N6O. The van der Waals surface area contributed by atoms with E-state index in [2.05, 4.69) is 20.2 Å². The predicted octanol–water partition coefficient (Wildman–Crippen LogP) is 0.515. The van der Waals surface area contributed by atoms with E-state index < -0.39 is 0 Å². The van der Waals surface area contributed by atoms with Crippen molar-refractivity contribution in [3.8, 4) is 0 Å². The lowest BCUT2D eigenvalue weighted by atomic mass is 10.2. The number of hydrogen-bond donors (Lipinski definition) is 2. The molecule has 1 aliphatic carbocycles. The minimum absolute atomic E-state index is 0.299. The Bertz CT molecular complexity index is 627. The van der Waals surface area contributed by atoms with Crippen molar-refractivity contribution in [2.75, 3.05) is 18.0 Å². The Hall–Kier alpha value is -1.89. The summed E-state index contributed by atoms with van der Waals surface area (Å²) in [5.41, 5.74) is 5.88. The summed E-state index contributed by atoms with van der Waals surface area (Å²) in [6.45, 7) is 1.55. The highest BCUT2D eigenvalue weighted by atomic mass is 16.2. The zero-order chi connectivity index (χ0) is 13.9. The van der Waals surface area contributed by atoms with E-state index in [1.165, 1.54) is 30.2 Å². The molecule has 0 aliphatic heterocycles. The highest BCUT2D eigenvalue weighted by molar-refractivity contribution is 5.45. The van der Waals surface area contributed by atoms with E-state index in [-0.39, 0.29) is 5.69 Å². The molecule has 3 rings (SSSR count). The molecule has 2 heterocycles. The number of rotatable bonds is 5. The topological polar surface area (TPSA) is 92.3 Å². The van der Waals surface area contributed by atoms with Crippen LogP contribution in [0.2, 0.25) is 0 Å². The fourth-order valence-corrected chi connectivity index (χ4v) is 2.91. The van der Waals surface area contributed by atoms with Gasteiger partial charge >= 0.3 is 5.69 Å². The number of nitrogens with one attached hydrogen (secondary N) is 1. The van der Waals surface area contributed by atoms with Crippen molar-refractivity contribution in [2.45, 2.75) is 38.1 Å². The first-order valence-electron chi connectivity index (χ1n) is 7.21. The van der Waals surface area contributed by atoms with Crippen LogP contribution in [0.25, 0.3) is 5.65 Å². The van der Waals surface area contributed by atoms with Crippen molar-refractivity contribution in [2.24, 2.45) is 5.73 Å². The molecule has 1 aliphatic rings. The van der Waals surface area contributed by atoms with Crippen molar-refractivity contribution in [3.63, 3.8) is 0 Å². The highest BCUT2D eigenvalue weighted by Crippen LogP contribution is 2.27. The van der Waals surface area contributed by atoms with Crippen LogP contribution < -0.4 is 16.3 Å². The Morgan fingerprint density at radius 1 is 1.40 bits per heavy atom. The van der Waals surface area contributed by atoms with Crippen molar-refractivity contribution in [1.82, 2.24) is 19.8 Å². The van der Waals surface area contributed by atoms with E-state index >= 15 is 0 Å². The fourth-order valence-electron chi connectivity index (χ4n) is 2.91. The lowest BCUT2D eigenvalue weighted by molar-refractivity contribution is 0.581. The zero-order valence-electron chi connectivity index (χ0n) is 11.5. The first-order chi connectivity index (χ1) is 9.79. The van der Waals surface area contributed by atoms with E-state index in [1.807, 2.05) is 12.1 Å². The van der Waals surface area contributed by atoms with Gasteiger partial charge in [-0.15, -0.1) is 5.10 Å². The maximum Gasteiger partial charge on any atom is 0.364 e. The molecule has 0 saturated heterocycles. The number of fused-ring (bicyclic) bond motifs is 1. The molecule has 0 atom stereocenters. The standard InChI is InChI=1S/C13H20N6O/c14-8-3-9-18(10-4-1-2-5-10)12-7-6-11-15-16-13(20)19(11)17-12/h6-7,10H,1-5,8-9,14H2,(H,16,20). The molecule has 0 unspecified atom stereocenters. The molecule has 2 aromatic rings. The third-order valence-corrected chi connectivity index (χ3v) is 3.92. The van der Waals surface area contributed by atoms with Gasteiger partial charge in [0.15, 0.2) is 5.65 Å². The molecule has 108 valence electrons. The number of hydrogen-bond acceptors (Lipinski definition) is 5. The van der Waals surface area contributed by atoms with Gasteiger partial charge in [-0.3, -0.25) is 0 Å². The fraction of sp³-hybridized carbons (Fsp3) is 0.615. The molecule has 0 bridgehead atoms. The van der Waals surface area contributed by atoms with Gasteiger partial charge in [-0.05, 0) is 37.9 Å². The summed E-state index contributed by atoms with van der Waals surface area (Å²) in [7, 11) is 0. The Balaban J connectivity index is 1.94. The first kappa shape index (κ1) is 13.1. The third-order valence-electron chi connectivity index (χ3n) is 3.92. The second-order valence-electron chi connectivity index (χ2n) is 5.26. The first-order valence-corrected chi connectivity index (χ1v) is 7.21. The molecule has 7 nitrogen and oxygen atoms in total. The average molecular weight is 276 g/mol. The molecule has 2 aromatic heterocycles. The van der Waals surface area contributed by atoms with Gasteiger partial charge in [-0.1, -0.05) is 12.8 Å². The van der Waals surface area contributed by atoms with E-state index in [0.717, 1.165) is 18.8 Å². The number of anilines is 1. The molecule has 0 radical (unpaired) electrons. The smallest absolute Gasteiger partial charge is 0.352 e. The Kier molecular flexibility index (Phi) is 3.68. The summed E-state index contributed by atoms with van der Waals surface area (Å²) < 4.78 is 1.32.